The molecule has 0 radical (unpaired) electrons. The van der Waals surface area contributed by atoms with Crippen LogP contribution in [0.25, 0.3) is 0 Å². The summed E-state index contributed by atoms with van der Waals surface area (Å²) in [5, 5.41) is 0. The van der Waals surface area contributed by atoms with Crippen LogP contribution in [0.5, 0.6) is 0 Å². The molecule has 72 valence electrons. The standard InChI is InChI=1S/C10H22N2/c1-5-11(4)10-6-7-12(8-10)9(2)3/h9-10H,5-8H2,1-4H3/t10-/m0/s1. The lowest BCUT2D eigenvalue weighted by molar-refractivity contribution is 0.220. The van der Waals surface area contributed by atoms with Crippen LogP contribution in [0, 0.1) is 0 Å². The number of hydrogen-bond acceptors (Lipinski definition) is 2. The van der Waals surface area contributed by atoms with Crippen molar-refractivity contribution in [2.75, 3.05) is 26.7 Å². The van der Waals surface area contributed by atoms with E-state index in [4.69, 9.17) is 0 Å². The van der Waals surface area contributed by atoms with Crippen LogP contribution in [0.1, 0.15) is 27.2 Å². The van der Waals surface area contributed by atoms with Gasteiger partial charge in [-0.1, -0.05) is 6.92 Å². The fourth-order valence-electron chi connectivity index (χ4n) is 1.86. The van der Waals surface area contributed by atoms with Crippen molar-refractivity contribution in [3.8, 4) is 0 Å². The van der Waals surface area contributed by atoms with Crippen molar-refractivity contribution < 1.29 is 0 Å². The van der Waals surface area contributed by atoms with Crippen LogP contribution in [0.4, 0.5) is 0 Å². The topological polar surface area (TPSA) is 6.48 Å². The van der Waals surface area contributed by atoms with Crippen LogP contribution >= 0.6 is 0 Å². The molecule has 1 rings (SSSR count). The summed E-state index contributed by atoms with van der Waals surface area (Å²) in [5.41, 5.74) is 0. The Morgan fingerprint density at radius 1 is 1.50 bits per heavy atom. The van der Waals surface area contributed by atoms with Gasteiger partial charge in [0.15, 0.2) is 0 Å². The molecule has 1 atom stereocenters. The molecule has 0 aliphatic carbocycles. The summed E-state index contributed by atoms with van der Waals surface area (Å²) < 4.78 is 0. The Morgan fingerprint density at radius 3 is 2.58 bits per heavy atom. The van der Waals surface area contributed by atoms with Crippen molar-refractivity contribution in [3.05, 3.63) is 0 Å². The largest absolute Gasteiger partial charge is 0.302 e. The number of nitrogens with zero attached hydrogens (tertiary/aromatic N) is 2. The van der Waals surface area contributed by atoms with Crippen LogP contribution in [-0.4, -0.2) is 48.6 Å². The SMILES string of the molecule is CCN(C)[C@H]1CCN(C(C)C)C1. The molecular formula is C10H22N2. The second-order valence-corrected chi connectivity index (χ2v) is 4.10. The fourth-order valence-corrected chi connectivity index (χ4v) is 1.86. The predicted molar refractivity (Wildman–Crippen MR) is 53.4 cm³/mol. The van der Waals surface area contributed by atoms with Gasteiger partial charge in [-0.3, -0.25) is 4.90 Å². The average Bonchev–Trinajstić information content (AvgIpc) is 2.51. The molecule has 0 aromatic rings. The Bertz CT molecular complexity index is 134. The highest BCUT2D eigenvalue weighted by Crippen LogP contribution is 2.16. The van der Waals surface area contributed by atoms with Gasteiger partial charge in [-0.2, -0.15) is 0 Å². The van der Waals surface area contributed by atoms with E-state index in [1.165, 1.54) is 26.1 Å². The average molecular weight is 170 g/mol. The zero-order valence-corrected chi connectivity index (χ0v) is 8.88. The highest BCUT2D eigenvalue weighted by molar-refractivity contribution is 4.82. The molecule has 0 unspecified atom stereocenters. The maximum absolute atomic E-state index is 2.57. The molecule has 0 N–H and O–H groups in total. The van der Waals surface area contributed by atoms with Crippen molar-refractivity contribution in [1.29, 1.82) is 0 Å². The first kappa shape index (κ1) is 10.0. The van der Waals surface area contributed by atoms with Crippen LogP contribution in [-0.2, 0) is 0 Å². The van der Waals surface area contributed by atoms with E-state index in [0.29, 0.717) is 0 Å². The maximum Gasteiger partial charge on any atom is 0.0232 e. The van der Waals surface area contributed by atoms with Gasteiger partial charge < -0.3 is 4.90 Å². The summed E-state index contributed by atoms with van der Waals surface area (Å²) in [6.07, 6.45) is 1.35. The third kappa shape index (κ3) is 2.20. The zero-order chi connectivity index (χ0) is 9.14. The number of hydrogen-bond donors (Lipinski definition) is 0. The Morgan fingerprint density at radius 2 is 2.17 bits per heavy atom. The molecule has 0 bridgehead atoms. The number of likely N-dealkylation sites (tertiary alicyclic amines) is 1. The minimum atomic E-state index is 0.722. The second-order valence-electron chi connectivity index (χ2n) is 4.10. The van der Waals surface area contributed by atoms with Gasteiger partial charge in [0.1, 0.15) is 0 Å². The van der Waals surface area contributed by atoms with E-state index in [9.17, 15) is 0 Å². The first-order chi connectivity index (χ1) is 5.65. The first-order valence-corrected chi connectivity index (χ1v) is 5.09. The van der Waals surface area contributed by atoms with Gasteiger partial charge in [0.2, 0.25) is 0 Å². The lowest BCUT2D eigenvalue weighted by Gasteiger charge is -2.24. The van der Waals surface area contributed by atoms with Crippen molar-refractivity contribution in [1.82, 2.24) is 9.80 Å². The van der Waals surface area contributed by atoms with Gasteiger partial charge in [-0.15, -0.1) is 0 Å². The highest BCUT2D eigenvalue weighted by atomic mass is 15.2. The zero-order valence-electron chi connectivity index (χ0n) is 8.88. The monoisotopic (exact) mass is 170 g/mol. The Labute approximate surface area is 76.5 Å². The summed E-state index contributed by atoms with van der Waals surface area (Å²) >= 11 is 0. The minimum Gasteiger partial charge on any atom is -0.302 e. The third-order valence-electron chi connectivity index (χ3n) is 3.05. The summed E-state index contributed by atoms with van der Waals surface area (Å²) in [4.78, 5) is 5.03. The van der Waals surface area contributed by atoms with E-state index >= 15 is 0 Å². The normalized spacial score (nSPS) is 26.0. The van der Waals surface area contributed by atoms with E-state index in [0.717, 1.165) is 12.1 Å². The van der Waals surface area contributed by atoms with Gasteiger partial charge in [-0.05, 0) is 33.9 Å². The van der Waals surface area contributed by atoms with Crippen LogP contribution in [0.2, 0.25) is 0 Å². The molecule has 1 fully saturated rings. The molecule has 1 aliphatic rings. The molecule has 1 heterocycles. The summed E-state index contributed by atoms with van der Waals surface area (Å²) in [7, 11) is 2.23. The second kappa shape index (κ2) is 4.24. The van der Waals surface area contributed by atoms with Gasteiger partial charge in [-0.25, -0.2) is 0 Å². The number of likely N-dealkylation sites (N-methyl/N-ethyl adjacent to an activating group) is 1. The molecule has 1 aliphatic heterocycles. The Kier molecular flexibility index (Phi) is 3.53. The molecular weight excluding hydrogens is 148 g/mol. The Hall–Kier alpha value is -0.0800. The van der Waals surface area contributed by atoms with Crippen molar-refractivity contribution in [2.45, 2.75) is 39.3 Å². The summed E-state index contributed by atoms with van der Waals surface area (Å²) in [6.45, 7) is 10.5. The molecule has 0 spiro atoms. The van der Waals surface area contributed by atoms with E-state index in [-0.39, 0.29) is 0 Å². The predicted octanol–water partition coefficient (Wildman–Crippen LogP) is 1.42. The van der Waals surface area contributed by atoms with Crippen molar-refractivity contribution in [3.63, 3.8) is 0 Å². The molecule has 0 aromatic carbocycles. The molecule has 2 nitrogen and oxygen atoms in total. The molecule has 0 amide bonds. The maximum atomic E-state index is 2.57. The van der Waals surface area contributed by atoms with Gasteiger partial charge in [0.05, 0.1) is 0 Å². The van der Waals surface area contributed by atoms with Crippen LogP contribution in [0.15, 0.2) is 0 Å². The van der Waals surface area contributed by atoms with E-state index in [2.05, 4.69) is 37.6 Å². The van der Waals surface area contributed by atoms with Crippen LogP contribution in [0.3, 0.4) is 0 Å². The first-order valence-electron chi connectivity index (χ1n) is 5.09. The smallest absolute Gasteiger partial charge is 0.0232 e. The van der Waals surface area contributed by atoms with Gasteiger partial charge >= 0.3 is 0 Å². The Balaban J connectivity index is 2.35. The van der Waals surface area contributed by atoms with Gasteiger partial charge in [0.25, 0.3) is 0 Å². The van der Waals surface area contributed by atoms with Crippen LogP contribution < -0.4 is 0 Å². The summed E-state index contributed by atoms with van der Waals surface area (Å²) in [5.74, 6) is 0. The molecule has 1 saturated heterocycles. The van der Waals surface area contributed by atoms with E-state index in [1.807, 2.05) is 0 Å². The van der Waals surface area contributed by atoms with Crippen molar-refractivity contribution >= 4 is 0 Å². The molecule has 0 aromatic heterocycles. The molecule has 12 heavy (non-hydrogen) atoms. The molecule has 2 heteroatoms. The highest BCUT2D eigenvalue weighted by Gasteiger charge is 2.25. The van der Waals surface area contributed by atoms with Crippen molar-refractivity contribution in [2.24, 2.45) is 0 Å². The number of rotatable bonds is 3. The van der Waals surface area contributed by atoms with E-state index < -0.39 is 0 Å². The minimum absolute atomic E-state index is 0.722. The lowest BCUT2D eigenvalue weighted by atomic mass is 10.2. The quantitative estimate of drug-likeness (QED) is 0.632. The third-order valence-corrected chi connectivity index (χ3v) is 3.05. The fraction of sp³-hybridized carbons (Fsp3) is 1.00. The lowest BCUT2D eigenvalue weighted by Crippen LogP contribution is -2.36. The molecule has 0 saturated carbocycles. The van der Waals surface area contributed by atoms with Gasteiger partial charge in [0, 0.05) is 25.2 Å². The summed E-state index contributed by atoms with van der Waals surface area (Å²) in [6, 6.07) is 1.53. The van der Waals surface area contributed by atoms with E-state index in [1.54, 1.807) is 0 Å².